The van der Waals surface area contributed by atoms with Crippen molar-refractivity contribution in [2.45, 2.75) is 5.16 Å². The predicted molar refractivity (Wildman–Crippen MR) is 125 cm³/mol. The van der Waals surface area contributed by atoms with Gasteiger partial charge in [-0.3, -0.25) is 14.2 Å². The number of fused-ring (bicyclic) bond motifs is 1. The van der Waals surface area contributed by atoms with Crippen LogP contribution in [-0.2, 0) is 4.79 Å². The summed E-state index contributed by atoms with van der Waals surface area (Å²) >= 11 is 7.53. The van der Waals surface area contributed by atoms with Gasteiger partial charge in [0.1, 0.15) is 5.75 Å². The van der Waals surface area contributed by atoms with E-state index in [1.165, 1.54) is 16.3 Å². The van der Waals surface area contributed by atoms with Gasteiger partial charge in [-0.25, -0.2) is 4.98 Å². The van der Waals surface area contributed by atoms with Crippen LogP contribution < -0.4 is 15.6 Å². The zero-order valence-electron chi connectivity index (χ0n) is 16.5. The summed E-state index contributed by atoms with van der Waals surface area (Å²) in [5, 5.41) is 4.11. The number of methoxy groups -OCH3 is 1. The van der Waals surface area contributed by atoms with Gasteiger partial charge in [0.05, 0.1) is 34.5 Å². The Labute approximate surface area is 187 Å². The number of thioether (sulfide) groups is 1. The highest BCUT2D eigenvalue weighted by Gasteiger charge is 2.16. The quantitative estimate of drug-likeness (QED) is 0.337. The highest BCUT2D eigenvalue weighted by molar-refractivity contribution is 7.99. The molecule has 0 saturated heterocycles. The van der Waals surface area contributed by atoms with E-state index in [-0.39, 0.29) is 17.2 Å². The van der Waals surface area contributed by atoms with E-state index in [0.717, 1.165) is 0 Å². The second-order valence-electron chi connectivity index (χ2n) is 6.57. The lowest BCUT2D eigenvalue weighted by Crippen LogP contribution is -2.23. The van der Waals surface area contributed by atoms with Gasteiger partial charge < -0.3 is 10.1 Å². The third-order valence-corrected chi connectivity index (χ3v) is 5.78. The maximum atomic E-state index is 13.2. The Bertz CT molecular complexity index is 1320. The van der Waals surface area contributed by atoms with Crippen LogP contribution in [0.25, 0.3) is 16.6 Å². The Kier molecular flexibility index (Phi) is 6.25. The molecule has 0 aliphatic heterocycles. The Hall–Kier alpha value is -3.29. The maximum absolute atomic E-state index is 13.2. The molecule has 4 aromatic rings. The van der Waals surface area contributed by atoms with Crippen LogP contribution in [0, 0.1) is 0 Å². The van der Waals surface area contributed by atoms with Gasteiger partial charge in [-0.1, -0.05) is 53.7 Å². The van der Waals surface area contributed by atoms with Crippen LogP contribution in [0.2, 0.25) is 5.02 Å². The van der Waals surface area contributed by atoms with Crippen molar-refractivity contribution < 1.29 is 9.53 Å². The average Bonchev–Trinajstić information content (AvgIpc) is 2.79. The van der Waals surface area contributed by atoms with E-state index in [9.17, 15) is 9.59 Å². The maximum Gasteiger partial charge on any atom is 0.266 e. The molecule has 6 nitrogen and oxygen atoms in total. The third-order valence-electron chi connectivity index (χ3n) is 4.52. The van der Waals surface area contributed by atoms with Crippen molar-refractivity contribution in [1.29, 1.82) is 0 Å². The number of benzene rings is 3. The van der Waals surface area contributed by atoms with E-state index in [1.807, 2.05) is 6.07 Å². The predicted octanol–water partition coefficient (Wildman–Crippen LogP) is 4.78. The molecule has 0 aliphatic rings. The number of nitrogens with zero attached hydrogens (tertiary/aromatic N) is 2. The van der Waals surface area contributed by atoms with E-state index in [1.54, 1.807) is 73.8 Å². The van der Waals surface area contributed by atoms with Crippen LogP contribution in [0.5, 0.6) is 5.75 Å². The Morgan fingerprint density at radius 2 is 1.87 bits per heavy atom. The monoisotopic (exact) mass is 451 g/mol. The van der Waals surface area contributed by atoms with Gasteiger partial charge in [-0.2, -0.15) is 0 Å². The highest BCUT2D eigenvalue weighted by atomic mass is 35.5. The molecular formula is C23H18ClN3O3S. The Balaban J connectivity index is 1.66. The standard InChI is InChI=1S/C23H18ClN3O3S/c1-30-16-8-6-7-15(13-16)25-21(28)14-31-23-26-19-11-4-2-9-17(19)22(29)27(23)20-12-5-3-10-18(20)24/h2-13H,14H2,1H3,(H,25,28). The van der Waals surface area contributed by atoms with Crippen molar-refractivity contribution >= 4 is 45.9 Å². The SMILES string of the molecule is COc1cccc(NC(=O)CSc2nc3ccccc3c(=O)n2-c2ccccc2Cl)c1. The van der Waals surface area contributed by atoms with Crippen molar-refractivity contribution in [1.82, 2.24) is 9.55 Å². The van der Waals surface area contributed by atoms with Gasteiger partial charge in [0, 0.05) is 11.8 Å². The fourth-order valence-electron chi connectivity index (χ4n) is 3.08. The van der Waals surface area contributed by atoms with Crippen LogP contribution >= 0.6 is 23.4 Å². The number of hydrogen-bond acceptors (Lipinski definition) is 5. The Morgan fingerprint density at radius 3 is 2.68 bits per heavy atom. The molecule has 0 aliphatic carbocycles. The molecule has 0 bridgehead atoms. The lowest BCUT2D eigenvalue weighted by molar-refractivity contribution is -0.113. The van der Waals surface area contributed by atoms with Gasteiger partial charge >= 0.3 is 0 Å². The second-order valence-corrected chi connectivity index (χ2v) is 7.92. The molecule has 0 radical (unpaired) electrons. The molecule has 1 N–H and O–H groups in total. The molecule has 0 fully saturated rings. The molecule has 1 aromatic heterocycles. The number of amides is 1. The van der Waals surface area contributed by atoms with E-state index in [0.29, 0.717) is 38.2 Å². The number of hydrogen-bond donors (Lipinski definition) is 1. The normalized spacial score (nSPS) is 10.8. The molecule has 1 amide bonds. The molecule has 1 heterocycles. The zero-order valence-corrected chi connectivity index (χ0v) is 18.1. The van der Waals surface area contributed by atoms with Crippen LogP contribution in [0.4, 0.5) is 5.69 Å². The summed E-state index contributed by atoms with van der Waals surface area (Å²) in [7, 11) is 1.57. The molecule has 0 spiro atoms. The first-order valence-corrected chi connectivity index (χ1v) is 10.8. The number of nitrogens with one attached hydrogen (secondary N) is 1. The first-order valence-electron chi connectivity index (χ1n) is 9.40. The fourth-order valence-corrected chi connectivity index (χ4v) is 4.11. The summed E-state index contributed by atoms with van der Waals surface area (Å²) in [5.74, 6) is 0.479. The summed E-state index contributed by atoms with van der Waals surface area (Å²) < 4.78 is 6.63. The molecule has 31 heavy (non-hydrogen) atoms. The van der Waals surface area contributed by atoms with Crippen molar-refractivity contribution in [2.24, 2.45) is 0 Å². The van der Waals surface area contributed by atoms with Crippen molar-refractivity contribution in [3.63, 3.8) is 0 Å². The van der Waals surface area contributed by atoms with Gasteiger partial charge in [0.2, 0.25) is 5.91 Å². The minimum absolute atomic E-state index is 0.0619. The third kappa shape index (κ3) is 4.57. The summed E-state index contributed by atoms with van der Waals surface area (Å²) in [6.07, 6.45) is 0. The number of carbonyl (C=O) groups excluding carboxylic acids is 1. The van der Waals surface area contributed by atoms with Crippen LogP contribution in [0.1, 0.15) is 0 Å². The number of carbonyl (C=O) groups is 1. The number of rotatable bonds is 6. The molecule has 4 rings (SSSR count). The topological polar surface area (TPSA) is 73.2 Å². The summed E-state index contributed by atoms with van der Waals surface area (Å²) in [6, 6.07) is 21.3. The summed E-state index contributed by atoms with van der Waals surface area (Å²) in [5.41, 5.74) is 1.46. The second kappa shape index (κ2) is 9.24. The number of anilines is 1. The summed E-state index contributed by atoms with van der Waals surface area (Å²) in [4.78, 5) is 30.4. The number of para-hydroxylation sites is 2. The van der Waals surface area contributed by atoms with E-state index >= 15 is 0 Å². The van der Waals surface area contributed by atoms with E-state index in [4.69, 9.17) is 16.3 Å². The lowest BCUT2D eigenvalue weighted by atomic mass is 10.2. The van der Waals surface area contributed by atoms with Gasteiger partial charge in [-0.05, 0) is 36.4 Å². The van der Waals surface area contributed by atoms with E-state index in [2.05, 4.69) is 10.3 Å². The van der Waals surface area contributed by atoms with Crippen LogP contribution in [0.15, 0.2) is 82.7 Å². The number of halogens is 1. The molecule has 3 aromatic carbocycles. The van der Waals surface area contributed by atoms with Gasteiger partial charge in [-0.15, -0.1) is 0 Å². The summed E-state index contributed by atoms with van der Waals surface area (Å²) in [6.45, 7) is 0. The van der Waals surface area contributed by atoms with Crippen molar-refractivity contribution in [3.05, 3.63) is 88.2 Å². The highest BCUT2D eigenvalue weighted by Crippen LogP contribution is 2.26. The molecule has 156 valence electrons. The molecule has 0 atom stereocenters. The molecule has 0 saturated carbocycles. The first-order chi connectivity index (χ1) is 15.1. The number of ether oxygens (including phenoxy) is 1. The molecular weight excluding hydrogens is 434 g/mol. The van der Waals surface area contributed by atoms with Crippen molar-refractivity contribution in [2.75, 3.05) is 18.2 Å². The number of aromatic nitrogens is 2. The smallest absolute Gasteiger partial charge is 0.266 e. The average molecular weight is 452 g/mol. The molecule has 8 heteroatoms. The minimum Gasteiger partial charge on any atom is -0.497 e. The van der Waals surface area contributed by atoms with E-state index < -0.39 is 0 Å². The fraction of sp³-hybridized carbons (Fsp3) is 0.0870. The molecule has 0 unspecified atom stereocenters. The van der Waals surface area contributed by atoms with Gasteiger partial charge in [0.15, 0.2) is 5.16 Å². The largest absolute Gasteiger partial charge is 0.497 e. The first kappa shape index (κ1) is 21.0. The van der Waals surface area contributed by atoms with Crippen molar-refractivity contribution in [3.8, 4) is 11.4 Å². The minimum atomic E-state index is -0.241. The van der Waals surface area contributed by atoms with Crippen LogP contribution in [0.3, 0.4) is 0 Å². The lowest BCUT2D eigenvalue weighted by Gasteiger charge is -2.14. The van der Waals surface area contributed by atoms with Crippen LogP contribution in [-0.4, -0.2) is 28.3 Å². The van der Waals surface area contributed by atoms with Gasteiger partial charge in [0.25, 0.3) is 5.56 Å². The zero-order chi connectivity index (χ0) is 21.8. The Morgan fingerprint density at radius 1 is 1.10 bits per heavy atom.